The Bertz CT molecular complexity index is 1430. The second-order valence-electron chi connectivity index (χ2n) is 11.3. The molecule has 9 nitrogen and oxygen atoms in total. The zero-order valence-electron chi connectivity index (χ0n) is 23.2. The van der Waals surface area contributed by atoms with Gasteiger partial charge < -0.3 is 29.3 Å². The van der Waals surface area contributed by atoms with E-state index in [-0.39, 0.29) is 42.5 Å². The van der Waals surface area contributed by atoms with Crippen molar-refractivity contribution < 1.29 is 37.5 Å². The summed E-state index contributed by atoms with van der Waals surface area (Å²) >= 11 is 0. The third-order valence-corrected chi connectivity index (χ3v) is 7.52. The molecule has 3 aromatic rings. The Morgan fingerprint density at radius 2 is 1.90 bits per heavy atom. The Kier molecular flexibility index (Phi) is 7.99. The maximum atomic E-state index is 15.3. The third-order valence-electron chi connectivity index (χ3n) is 7.52. The summed E-state index contributed by atoms with van der Waals surface area (Å²) in [6.07, 6.45) is 2.45. The van der Waals surface area contributed by atoms with Crippen molar-refractivity contribution in [1.29, 1.82) is 0 Å². The van der Waals surface area contributed by atoms with E-state index in [0.29, 0.717) is 30.3 Å². The number of benzene rings is 2. The van der Waals surface area contributed by atoms with Gasteiger partial charge in [-0.2, -0.15) is 0 Å². The van der Waals surface area contributed by atoms with Gasteiger partial charge in [0.25, 0.3) is 11.8 Å². The van der Waals surface area contributed by atoms with Crippen molar-refractivity contribution in [2.45, 2.75) is 51.0 Å². The summed E-state index contributed by atoms with van der Waals surface area (Å²) in [5, 5.41) is 15.5. The van der Waals surface area contributed by atoms with E-state index in [0.717, 1.165) is 30.5 Å². The molecule has 1 aliphatic heterocycles. The number of amides is 2. The van der Waals surface area contributed by atoms with Crippen molar-refractivity contribution >= 4 is 17.5 Å². The molecule has 1 aromatic heterocycles. The lowest BCUT2D eigenvalue weighted by Gasteiger charge is -2.36. The molecule has 0 saturated heterocycles. The first-order valence-corrected chi connectivity index (χ1v) is 13.5. The van der Waals surface area contributed by atoms with E-state index in [1.54, 1.807) is 32.0 Å². The van der Waals surface area contributed by atoms with Gasteiger partial charge in [0.05, 0.1) is 20.1 Å². The van der Waals surface area contributed by atoms with Crippen LogP contribution in [0.1, 0.15) is 55.2 Å². The predicted molar refractivity (Wildman–Crippen MR) is 145 cm³/mol. The molecule has 1 atom stereocenters. The summed E-state index contributed by atoms with van der Waals surface area (Å²) in [5.41, 5.74) is 0.261. The van der Waals surface area contributed by atoms with Crippen molar-refractivity contribution in [3.05, 3.63) is 70.5 Å². The van der Waals surface area contributed by atoms with E-state index in [1.807, 2.05) is 0 Å². The van der Waals surface area contributed by atoms with Crippen LogP contribution in [0.3, 0.4) is 0 Å². The van der Waals surface area contributed by atoms with Crippen LogP contribution in [0.2, 0.25) is 0 Å². The van der Waals surface area contributed by atoms with E-state index >= 15 is 8.78 Å². The van der Waals surface area contributed by atoms with Gasteiger partial charge in [-0.25, -0.2) is 8.78 Å². The molecular formula is C30H33F2N3O6. The van der Waals surface area contributed by atoms with Gasteiger partial charge in [-0.15, -0.1) is 0 Å². The van der Waals surface area contributed by atoms with Crippen molar-refractivity contribution in [1.82, 2.24) is 10.1 Å². The molecule has 11 heteroatoms. The first kappa shape index (κ1) is 28.5. The number of aromatic nitrogens is 1. The SMILES string of the molecule is COc1ccc2c(c1)CCN(C(=O)Cc1cc(O)no1)[C@H]2C(=O)Nc1cc(F)c(C(C)(C)COCC2CC2)c(F)c1. The van der Waals surface area contributed by atoms with Crippen molar-refractivity contribution in [2.75, 3.05) is 32.2 Å². The number of rotatable bonds is 10. The van der Waals surface area contributed by atoms with Crippen molar-refractivity contribution in [3.8, 4) is 11.6 Å². The third kappa shape index (κ3) is 6.35. The molecule has 218 valence electrons. The predicted octanol–water partition coefficient (Wildman–Crippen LogP) is 4.68. The number of ether oxygens (including phenoxy) is 2. The van der Waals surface area contributed by atoms with E-state index < -0.39 is 34.9 Å². The zero-order valence-corrected chi connectivity index (χ0v) is 23.2. The van der Waals surface area contributed by atoms with Crippen LogP contribution in [0.25, 0.3) is 0 Å². The van der Waals surface area contributed by atoms with Gasteiger partial charge in [-0.3, -0.25) is 9.59 Å². The number of nitrogens with one attached hydrogen (secondary N) is 1. The number of halogens is 2. The Labute approximate surface area is 236 Å². The van der Waals surface area contributed by atoms with E-state index in [1.165, 1.54) is 18.1 Å². The Balaban J connectivity index is 1.39. The number of carbonyl (C=O) groups is 2. The topological polar surface area (TPSA) is 114 Å². The number of hydrogen-bond donors (Lipinski definition) is 2. The number of fused-ring (bicyclic) bond motifs is 1. The molecule has 0 radical (unpaired) electrons. The molecule has 5 rings (SSSR count). The van der Waals surface area contributed by atoms with Gasteiger partial charge in [0.2, 0.25) is 5.91 Å². The quantitative estimate of drug-likeness (QED) is 0.365. The van der Waals surface area contributed by atoms with Gasteiger partial charge in [0, 0.05) is 35.9 Å². The summed E-state index contributed by atoms with van der Waals surface area (Å²) in [5.74, 6) is -1.77. The molecule has 2 amide bonds. The molecule has 0 bridgehead atoms. The maximum Gasteiger partial charge on any atom is 0.251 e. The number of anilines is 1. The Morgan fingerprint density at radius 1 is 1.17 bits per heavy atom. The molecule has 1 aliphatic carbocycles. The second kappa shape index (κ2) is 11.5. The fraction of sp³-hybridized carbons (Fsp3) is 0.433. The highest BCUT2D eigenvalue weighted by Gasteiger charge is 2.37. The number of hydrogen-bond acceptors (Lipinski definition) is 7. The largest absolute Gasteiger partial charge is 0.497 e. The van der Waals surface area contributed by atoms with Crippen LogP contribution in [0, 0.1) is 17.6 Å². The van der Waals surface area contributed by atoms with Crippen LogP contribution in [0.15, 0.2) is 40.9 Å². The zero-order chi connectivity index (χ0) is 29.3. The fourth-order valence-corrected chi connectivity index (χ4v) is 5.26. The van der Waals surface area contributed by atoms with Crippen LogP contribution in [-0.2, 0) is 32.6 Å². The Hall–Kier alpha value is -3.99. The van der Waals surface area contributed by atoms with Crippen LogP contribution in [0.5, 0.6) is 11.6 Å². The summed E-state index contributed by atoms with van der Waals surface area (Å²) < 4.78 is 46.6. The number of methoxy groups -OCH3 is 1. The van der Waals surface area contributed by atoms with E-state index in [2.05, 4.69) is 10.5 Å². The number of nitrogens with zero attached hydrogens (tertiary/aromatic N) is 2. The normalized spacial score (nSPS) is 16.8. The molecule has 1 fully saturated rings. The molecule has 2 N–H and O–H groups in total. The molecule has 2 heterocycles. The molecular weight excluding hydrogens is 536 g/mol. The first-order valence-electron chi connectivity index (χ1n) is 13.5. The van der Waals surface area contributed by atoms with Gasteiger partial charge in [0.1, 0.15) is 29.2 Å². The van der Waals surface area contributed by atoms with Crippen LogP contribution in [-0.4, -0.2) is 53.8 Å². The summed E-state index contributed by atoms with van der Waals surface area (Å²) in [6, 6.07) is 7.48. The molecule has 41 heavy (non-hydrogen) atoms. The van der Waals surface area contributed by atoms with Crippen molar-refractivity contribution in [3.63, 3.8) is 0 Å². The summed E-state index contributed by atoms with van der Waals surface area (Å²) in [7, 11) is 1.53. The van der Waals surface area contributed by atoms with Crippen LogP contribution >= 0.6 is 0 Å². The highest BCUT2D eigenvalue weighted by atomic mass is 19.1. The highest BCUT2D eigenvalue weighted by molar-refractivity contribution is 5.98. The molecule has 2 aromatic carbocycles. The average molecular weight is 570 g/mol. The lowest BCUT2D eigenvalue weighted by molar-refractivity contribution is -0.139. The van der Waals surface area contributed by atoms with Crippen LogP contribution in [0.4, 0.5) is 14.5 Å². The van der Waals surface area contributed by atoms with Crippen molar-refractivity contribution in [2.24, 2.45) is 5.92 Å². The van der Waals surface area contributed by atoms with E-state index in [4.69, 9.17) is 14.0 Å². The average Bonchev–Trinajstić information content (AvgIpc) is 3.65. The highest BCUT2D eigenvalue weighted by Crippen LogP contribution is 2.36. The fourth-order valence-electron chi connectivity index (χ4n) is 5.26. The molecule has 1 saturated carbocycles. The maximum absolute atomic E-state index is 15.3. The second-order valence-corrected chi connectivity index (χ2v) is 11.3. The Morgan fingerprint density at radius 3 is 2.54 bits per heavy atom. The van der Waals surface area contributed by atoms with Crippen LogP contribution < -0.4 is 10.1 Å². The molecule has 0 spiro atoms. The minimum Gasteiger partial charge on any atom is -0.497 e. The first-order chi connectivity index (χ1) is 19.6. The van der Waals surface area contributed by atoms with Gasteiger partial charge in [-0.1, -0.05) is 19.9 Å². The number of carbonyl (C=O) groups excluding carboxylic acids is 2. The minimum absolute atomic E-state index is 0.0726. The lowest BCUT2D eigenvalue weighted by Crippen LogP contribution is -2.46. The van der Waals surface area contributed by atoms with E-state index in [9.17, 15) is 14.7 Å². The monoisotopic (exact) mass is 569 g/mol. The smallest absolute Gasteiger partial charge is 0.251 e. The number of aromatic hydroxyl groups is 1. The van der Waals surface area contributed by atoms with Gasteiger partial charge >= 0.3 is 0 Å². The summed E-state index contributed by atoms with van der Waals surface area (Å²) in [6.45, 7) is 4.36. The van der Waals surface area contributed by atoms with Gasteiger partial charge in [0.15, 0.2) is 0 Å². The van der Waals surface area contributed by atoms with Gasteiger partial charge in [-0.05, 0) is 65.7 Å². The molecule has 2 aliphatic rings. The lowest BCUT2D eigenvalue weighted by atomic mass is 9.84. The minimum atomic E-state index is -1.09. The molecule has 0 unspecified atom stereocenters. The standard InChI is InChI=1S/C30H33F2N3O6/c1-30(2,16-40-15-17-4-5-17)27-23(31)11-19(12-24(27)32)33-29(38)28-22-7-6-20(39-3)10-18(22)8-9-35(28)26(37)14-21-13-25(36)34-41-21/h6-7,10-13,17,28H,4-5,8-9,14-16H2,1-3H3,(H,33,38)(H,34,36)/t28-/m1/s1. The summed E-state index contributed by atoms with van der Waals surface area (Å²) in [4.78, 5) is 28.4.